The van der Waals surface area contributed by atoms with Crippen molar-refractivity contribution in [1.29, 1.82) is 0 Å². The molecule has 2 bridgehead atoms. The number of aliphatic imine (C=N–C) groups is 2. The fourth-order valence-electron chi connectivity index (χ4n) is 1.31. The van der Waals surface area contributed by atoms with Gasteiger partial charge < -0.3 is 0 Å². The normalized spacial score (nSPS) is 12.6. The summed E-state index contributed by atoms with van der Waals surface area (Å²) >= 11 is 0. The van der Waals surface area contributed by atoms with Gasteiger partial charge in [0.05, 0.1) is 11.4 Å². The van der Waals surface area contributed by atoms with Crippen molar-refractivity contribution in [3.63, 3.8) is 0 Å². The van der Waals surface area contributed by atoms with Crippen molar-refractivity contribution >= 4 is 17.4 Å². The quantitative estimate of drug-likeness (QED) is 0.608. The summed E-state index contributed by atoms with van der Waals surface area (Å²) in [7, 11) is 0. The van der Waals surface area contributed by atoms with Crippen molar-refractivity contribution in [2.24, 2.45) is 9.98 Å². The highest BCUT2D eigenvalue weighted by atomic mass is 14.8. The molecule has 0 unspecified atom stereocenters. The molecule has 2 aliphatic heterocycles. The van der Waals surface area contributed by atoms with Crippen LogP contribution < -0.4 is 0 Å². The molecule has 2 aliphatic rings. The maximum Gasteiger partial charge on any atom is 0.100 e. The number of hydrogen-bond acceptors (Lipinski definition) is 2. The second kappa shape index (κ2) is 2.58. The third kappa shape index (κ3) is 1.06. The summed E-state index contributed by atoms with van der Waals surface area (Å²) in [6.07, 6.45) is 0. The van der Waals surface area contributed by atoms with Gasteiger partial charge >= 0.3 is 0 Å². The zero-order valence-electron chi connectivity index (χ0n) is 7.20. The number of benzene rings is 1. The fraction of sp³-hybridized carbons (Fsp3) is 0.300. The van der Waals surface area contributed by atoms with E-state index in [1.54, 1.807) is 0 Å². The van der Waals surface area contributed by atoms with Crippen molar-refractivity contribution in [2.45, 2.75) is 19.8 Å². The Balaban J connectivity index is 2.65. The predicted octanol–water partition coefficient (Wildman–Crippen LogP) is 3.26. The van der Waals surface area contributed by atoms with Gasteiger partial charge in [-0.05, 0) is 29.7 Å². The molecule has 12 heavy (non-hydrogen) atoms. The Bertz CT molecular complexity index is 371. The second-order valence-corrected chi connectivity index (χ2v) is 3.22. The van der Waals surface area contributed by atoms with Crippen LogP contribution in [0.5, 0.6) is 0 Å². The van der Waals surface area contributed by atoms with Crippen LogP contribution in [0.1, 0.15) is 25.3 Å². The van der Waals surface area contributed by atoms with Gasteiger partial charge in [0, 0.05) is 0 Å². The van der Waals surface area contributed by atoms with E-state index in [-0.39, 0.29) is 0 Å². The van der Waals surface area contributed by atoms with Gasteiger partial charge in [-0.25, -0.2) is 0 Å². The SMILES string of the molecule is CC(C)c1cc2ccc1N=C=N2. The molecule has 2 heteroatoms. The lowest BCUT2D eigenvalue weighted by molar-refractivity contribution is 0.868. The molecule has 0 aromatic heterocycles. The summed E-state index contributed by atoms with van der Waals surface area (Å²) in [5.41, 5.74) is 3.19. The molecule has 0 amide bonds. The number of fused-ring (bicyclic) bond motifs is 2. The van der Waals surface area contributed by atoms with Crippen LogP contribution in [0.3, 0.4) is 0 Å². The van der Waals surface area contributed by atoms with Crippen LogP contribution in [-0.4, -0.2) is 6.01 Å². The van der Waals surface area contributed by atoms with E-state index in [2.05, 4.69) is 35.9 Å². The van der Waals surface area contributed by atoms with E-state index in [0.29, 0.717) is 5.92 Å². The number of rotatable bonds is 1. The fourth-order valence-corrected chi connectivity index (χ4v) is 1.31. The van der Waals surface area contributed by atoms with Crippen LogP contribution in [-0.2, 0) is 0 Å². The first kappa shape index (κ1) is 7.26. The zero-order valence-corrected chi connectivity index (χ0v) is 7.20. The summed E-state index contributed by atoms with van der Waals surface area (Å²) < 4.78 is 0. The number of hydrogen-bond donors (Lipinski definition) is 0. The van der Waals surface area contributed by atoms with Crippen LogP contribution in [0.2, 0.25) is 0 Å². The average molecular weight is 158 g/mol. The Hall–Kier alpha value is -1.40. The third-order valence-corrected chi connectivity index (χ3v) is 1.98. The molecular formula is C10H10N2. The molecule has 2 heterocycles. The first-order chi connectivity index (χ1) is 5.77. The summed E-state index contributed by atoms with van der Waals surface area (Å²) in [5, 5.41) is 0. The molecule has 0 N–H and O–H groups in total. The van der Waals surface area contributed by atoms with E-state index in [4.69, 9.17) is 0 Å². The molecular weight excluding hydrogens is 148 g/mol. The first-order valence-electron chi connectivity index (χ1n) is 4.08. The zero-order chi connectivity index (χ0) is 8.55. The highest BCUT2D eigenvalue weighted by molar-refractivity contribution is 5.67. The van der Waals surface area contributed by atoms with Crippen molar-refractivity contribution in [2.75, 3.05) is 0 Å². The topological polar surface area (TPSA) is 24.7 Å². The van der Waals surface area contributed by atoms with E-state index in [1.807, 2.05) is 12.1 Å². The molecule has 1 aromatic carbocycles. The van der Waals surface area contributed by atoms with E-state index < -0.39 is 0 Å². The van der Waals surface area contributed by atoms with E-state index in [0.717, 1.165) is 11.4 Å². The Morgan fingerprint density at radius 3 is 2.83 bits per heavy atom. The monoisotopic (exact) mass is 158 g/mol. The third-order valence-electron chi connectivity index (χ3n) is 1.98. The predicted molar refractivity (Wildman–Crippen MR) is 49.7 cm³/mol. The van der Waals surface area contributed by atoms with Crippen molar-refractivity contribution in [3.8, 4) is 0 Å². The van der Waals surface area contributed by atoms with Gasteiger partial charge in [-0.3, -0.25) is 0 Å². The van der Waals surface area contributed by atoms with E-state index in [9.17, 15) is 0 Å². The van der Waals surface area contributed by atoms with Gasteiger partial charge in [0.1, 0.15) is 6.01 Å². The molecule has 0 atom stereocenters. The Labute approximate surface area is 71.7 Å². The first-order valence-corrected chi connectivity index (χ1v) is 4.08. The van der Waals surface area contributed by atoms with Crippen molar-refractivity contribution < 1.29 is 0 Å². The molecule has 1 aromatic rings. The minimum Gasteiger partial charge on any atom is -0.188 e. The summed E-state index contributed by atoms with van der Waals surface area (Å²) in [6.45, 7) is 4.31. The second-order valence-electron chi connectivity index (χ2n) is 3.22. The van der Waals surface area contributed by atoms with Gasteiger partial charge in [-0.1, -0.05) is 13.8 Å². The Kier molecular flexibility index (Phi) is 1.56. The molecule has 0 saturated carbocycles. The van der Waals surface area contributed by atoms with E-state index >= 15 is 0 Å². The van der Waals surface area contributed by atoms with Gasteiger partial charge in [-0.15, -0.1) is 0 Å². The summed E-state index contributed by atoms with van der Waals surface area (Å²) in [5.74, 6) is 0.499. The van der Waals surface area contributed by atoms with E-state index in [1.165, 1.54) is 5.56 Å². The van der Waals surface area contributed by atoms with Crippen molar-refractivity contribution in [3.05, 3.63) is 23.8 Å². The van der Waals surface area contributed by atoms with Crippen LogP contribution in [0, 0.1) is 0 Å². The average Bonchev–Trinajstić information content (AvgIpc) is 2.36. The lowest BCUT2D eigenvalue weighted by Gasteiger charge is -2.06. The molecule has 0 radical (unpaired) electrons. The maximum absolute atomic E-state index is 4.11. The van der Waals surface area contributed by atoms with Gasteiger partial charge in [0.15, 0.2) is 0 Å². The highest BCUT2D eigenvalue weighted by Crippen LogP contribution is 2.31. The molecule has 3 rings (SSSR count). The summed E-state index contributed by atoms with van der Waals surface area (Å²) in [4.78, 5) is 8.14. The molecule has 60 valence electrons. The number of nitrogens with zero attached hydrogens (tertiary/aromatic N) is 2. The maximum atomic E-state index is 4.11. The van der Waals surface area contributed by atoms with Crippen molar-refractivity contribution in [1.82, 2.24) is 0 Å². The molecule has 0 fully saturated rings. The Morgan fingerprint density at radius 1 is 1.25 bits per heavy atom. The summed E-state index contributed by atoms with van der Waals surface area (Å²) in [6, 6.07) is 8.69. The smallest absolute Gasteiger partial charge is 0.100 e. The Morgan fingerprint density at radius 2 is 2.08 bits per heavy atom. The van der Waals surface area contributed by atoms with Gasteiger partial charge in [0.25, 0.3) is 0 Å². The van der Waals surface area contributed by atoms with Gasteiger partial charge in [-0.2, -0.15) is 9.98 Å². The lowest BCUT2D eigenvalue weighted by atomic mass is 10.0. The molecule has 0 aliphatic carbocycles. The van der Waals surface area contributed by atoms with Crippen LogP contribution in [0.4, 0.5) is 11.4 Å². The van der Waals surface area contributed by atoms with Crippen LogP contribution >= 0.6 is 0 Å². The molecule has 2 nitrogen and oxygen atoms in total. The largest absolute Gasteiger partial charge is 0.188 e. The lowest BCUT2D eigenvalue weighted by Crippen LogP contribution is -1.86. The van der Waals surface area contributed by atoms with Crippen LogP contribution in [0.25, 0.3) is 0 Å². The molecule has 0 saturated heterocycles. The minimum absolute atomic E-state index is 0.499. The highest BCUT2D eigenvalue weighted by Gasteiger charge is 2.08. The molecule has 0 spiro atoms. The van der Waals surface area contributed by atoms with Crippen LogP contribution in [0.15, 0.2) is 28.2 Å². The standard InChI is InChI=1S/C10H10N2/c1-7(2)9-5-8-3-4-10(9)12-6-11-8/h3-5,7H,1-2H3. The van der Waals surface area contributed by atoms with Gasteiger partial charge in [0.2, 0.25) is 0 Å². The minimum atomic E-state index is 0.499.